The zero-order valence-electron chi connectivity index (χ0n) is 15.4. The molecule has 150 valence electrons. The third kappa shape index (κ3) is 4.74. The third-order valence-electron chi connectivity index (χ3n) is 4.50. The Hall–Kier alpha value is -2.77. The largest absolute Gasteiger partial charge is 0.493 e. The molecule has 0 N–H and O–H groups in total. The smallest absolute Gasteiger partial charge is 0.417 e. The molecule has 0 saturated carbocycles. The van der Waals surface area contributed by atoms with Gasteiger partial charge in [0.1, 0.15) is 11.9 Å². The van der Waals surface area contributed by atoms with Crippen molar-refractivity contribution in [1.29, 1.82) is 0 Å². The second kappa shape index (κ2) is 8.50. The molecule has 2 aromatic rings. The van der Waals surface area contributed by atoms with Gasteiger partial charge in [-0.05, 0) is 25.1 Å². The minimum Gasteiger partial charge on any atom is -0.493 e. The fourth-order valence-electron chi connectivity index (χ4n) is 3.06. The van der Waals surface area contributed by atoms with Gasteiger partial charge >= 0.3 is 6.18 Å². The maximum Gasteiger partial charge on any atom is 0.417 e. The van der Waals surface area contributed by atoms with Crippen LogP contribution in [0.5, 0.6) is 11.6 Å². The number of benzene rings is 1. The van der Waals surface area contributed by atoms with Gasteiger partial charge in [-0.3, -0.25) is 4.79 Å². The molecule has 1 saturated heterocycles. The van der Waals surface area contributed by atoms with E-state index in [9.17, 15) is 18.0 Å². The lowest BCUT2D eigenvalue weighted by Crippen LogP contribution is -2.42. The summed E-state index contributed by atoms with van der Waals surface area (Å²) in [7, 11) is 0. The fraction of sp³-hybridized carbons (Fsp3) is 0.400. The molecule has 1 fully saturated rings. The molecule has 0 unspecified atom stereocenters. The predicted octanol–water partition coefficient (Wildman–Crippen LogP) is 4.18. The topological polar surface area (TPSA) is 51.7 Å². The van der Waals surface area contributed by atoms with Gasteiger partial charge in [0.15, 0.2) is 0 Å². The lowest BCUT2D eigenvalue weighted by molar-refractivity contribution is -0.137. The maximum absolute atomic E-state index is 12.8. The molecule has 1 amide bonds. The van der Waals surface area contributed by atoms with Crippen molar-refractivity contribution in [2.24, 2.45) is 0 Å². The van der Waals surface area contributed by atoms with Gasteiger partial charge in [-0.1, -0.05) is 12.1 Å². The number of carbonyl (C=O) groups excluding carboxylic acids is 1. The van der Waals surface area contributed by atoms with E-state index in [-0.39, 0.29) is 17.9 Å². The first-order valence-electron chi connectivity index (χ1n) is 9.09. The summed E-state index contributed by atoms with van der Waals surface area (Å²) in [6.45, 7) is 3.31. The summed E-state index contributed by atoms with van der Waals surface area (Å²) in [6.07, 6.45) is -2.71. The first-order valence-corrected chi connectivity index (χ1v) is 9.09. The number of rotatable bonds is 5. The van der Waals surface area contributed by atoms with E-state index in [4.69, 9.17) is 9.47 Å². The Morgan fingerprint density at radius 1 is 1.18 bits per heavy atom. The van der Waals surface area contributed by atoms with Gasteiger partial charge in [0.25, 0.3) is 5.91 Å². The summed E-state index contributed by atoms with van der Waals surface area (Å²) in [4.78, 5) is 18.2. The highest BCUT2D eigenvalue weighted by atomic mass is 19.4. The van der Waals surface area contributed by atoms with E-state index in [2.05, 4.69) is 4.98 Å². The van der Waals surface area contributed by atoms with Crippen LogP contribution < -0.4 is 9.47 Å². The summed E-state index contributed by atoms with van der Waals surface area (Å²) < 4.78 is 49.0. The molecule has 0 radical (unpaired) electrons. The number of hydrogen-bond acceptors (Lipinski definition) is 4. The molecule has 5 nitrogen and oxygen atoms in total. The molecule has 0 atom stereocenters. The Labute approximate surface area is 161 Å². The zero-order valence-corrected chi connectivity index (χ0v) is 15.4. The van der Waals surface area contributed by atoms with Gasteiger partial charge in [0, 0.05) is 38.2 Å². The number of likely N-dealkylation sites (tertiary alicyclic amines) is 1. The first-order chi connectivity index (χ1) is 13.4. The lowest BCUT2D eigenvalue weighted by atomic mass is 10.1. The number of aromatic nitrogens is 1. The molecule has 3 rings (SSSR count). The second-order valence-corrected chi connectivity index (χ2v) is 6.42. The molecule has 0 bridgehead atoms. The van der Waals surface area contributed by atoms with Gasteiger partial charge in [0.05, 0.1) is 17.7 Å². The van der Waals surface area contributed by atoms with Crippen LogP contribution in [-0.2, 0) is 6.18 Å². The lowest BCUT2D eigenvalue weighted by Gasteiger charge is -2.32. The van der Waals surface area contributed by atoms with Crippen molar-refractivity contribution in [3.63, 3.8) is 0 Å². The van der Waals surface area contributed by atoms with E-state index in [1.807, 2.05) is 13.0 Å². The summed E-state index contributed by atoms with van der Waals surface area (Å²) in [5.74, 6) is 0.608. The van der Waals surface area contributed by atoms with Gasteiger partial charge in [0.2, 0.25) is 5.88 Å². The van der Waals surface area contributed by atoms with Crippen molar-refractivity contribution in [3.05, 3.63) is 53.7 Å². The number of alkyl halides is 3. The third-order valence-corrected chi connectivity index (χ3v) is 4.50. The predicted molar refractivity (Wildman–Crippen MR) is 96.4 cm³/mol. The maximum atomic E-state index is 12.8. The number of piperidine rings is 1. The molecule has 0 spiro atoms. The van der Waals surface area contributed by atoms with E-state index in [1.54, 1.807) is 23.1 Å². The highest BCUT2D eigenvalue weighted by Crippen LogP contribution is 2.30. The molecule has 8 heteroatoms. The molecule has 2 heterocycles. The van der Waals surface area contributed by atoms with E-state index in [0.29, 0.717) is 43.9 Å². The molecule has 1 aromatic heterocycles. The van der Waals surface area contributed by atoms with Gasteiger partial charge < -0.3 is 14.4 Å². The Balaban J connectivity index is 1.57. The van der Waals surface area contributed by atoms with Crippen LogP contribution >= 0.6 is 0 Å². The standard InChI is InChI=1S/C20H21F3N2O3/c1-2-27-17-6-4-3-5-16(17)19(26)25-11-9-15(10-12-25)28-18-8-7-14(13-24-18)20(21,22)23/h3-8,13,15H,2,9-12H2,1H3. The van der Waals surface area contributed by atoms with Crippen LogP contribution in [0.25, 0.3) is 0 Å². The Morgan fingerprint density at radius 2 is 1.89 bits per heavy atom. The molecule has 1 aliphatic rings. The van der Waals surface area contributed by atoms with Crippen molar-refractivity contribution in [2.45, 2.75) is 32.0 Å². The van der Waals surface area contributed by atoms with Gasteiger partial charge in [-0.2, -0.15) is 13.2 Å². The summed E-state index contributed by atoms with van der Waals surface area (Å²) >= 11 is 0. The number of carbonyl (C=O) groups is 1. The van der Waals surface area contributed by atoms with Crippen LogP contribution in [-0.4, -0.2) is 41.6 Å². The zero-order chi connectivity index (χ0) is 20.1. The Kier molecular flexibility index (Phi) is 6.06. The summed E-state index contributed by atoms with van der Waals surface area (Å²) in [5, 5.41) is 0. The summed E-state index contributed by atoms with van der Waals surface area (Å²) in [5.41, 5.74) is -0.290. The van der Waals surface area contributed by atoms with Crippen LogP contribution in [0.3, 0.4) is 0 Å². The van der Waals surface area contributed by atoms with Crippen molar-refractivity contribution in [1.82, 2.24) is 9.88 Å². The minimum atomic E-state index is -4.42. The van der Waals surface area contributed by atoms with E-state index >= 15 is 0 Å². The Bertz CT molecular complexity index is 801. The van der Waals surface area contributed by atoms with E-state index < -0.39 is 11.7 Å². The summed E-state index contributed by atoms with van der Waals surface area (Å²) in [6, 6.07) is 9.29. The highest BCUT2D eigenvalue weighted by molar-refractivity contribution is 5.97. The van der Waals surface area contributed by atoms with Crippen LogP contribution in [0.15, 0.2) is 42.6 Å². The van der Waals surface area contributed by atoms with Gasteiger partial charge in [-0.15, -0.1) is 0 Å². The van der Waals surface area contributed by atoms with E-state index in [1.165, 1.54) is 6.07 Å². The van der Waals surface area contributed by atoms with E-state index in [0.717, 1.165) is 12.3 Å². The van der Waals surface area contributed by atoms with Gasteiger partial charge in [-0.25, -0.2) is 4.98 Å². The van der Waals surface area contributed by atoms with Crippen molar-refractivity contribution in [2.75, 3.05) is 19.7 Å². The number of halogens is 3. The molecule has 0 aliphatic carbocycles. The second-order valence-electron chi connectivity index (χ2n) is 6.42. The SMILES string of the molecule is CCOc1ccccc1C(=O)N1CCC(Oc2ccc(C(F)(F)F)cn2)CC1. The van der Waals surface area contributed by atoms with Crippen LogP contribution in [0.1, 0.15) is 35.7 Å². The quantitative estimate of drug-likeness (QED) is 0.763. The number of para-hydroxylation sites is 1. The average molecular weight is 394 g/mol. The molecular formula is C20H21F3N2O3. The average Bonchev–Trinajstić information content (AvgIpc) is 2.68. The number of pyridine rings is 1. The molecule has 1 aromatic carbocycles. The normalized spacial score (nSPS) is 15.4. The first kappa shape index (κ1) is 20.0. The van der Waals surface area contributed by atoms with Crippen LogP contribution in [0.2, 0.25) is 0 Å². The number of amides is 1. The minimum absolute atomic E-state index is 0.102. The van der Waals surface area contributed by atoms with Crippen LogP contribution in [0.4, 0.5) is 13.2 Å². The van der Waals surface area contributed by atoms with Crippen molar-refractivity contribution >= 4 is 5.91 Å². The van der Waals surface area contributed by atoms with Crippen molar-refractivity contribution < 1.29 is 27.4 Å². The Morgan fingerprint density at radius 3 is 2.50 bits per heavy atom. The van der Waals surface area contributed by atoms with Crippen LogP contribution in [0, 0.1) is 0 Å². The van der Waals surface area contributed by atoms with Crippen molar-refractivity contribution in [3.8, 4) is 11.6 Å². The molecular weight excluding hydrogens is 373 g/mol. The monoisotopic (exact) mass is 394 g/mol. The molecule has 28 heavy (non-hydrogen) atoms. The number of hydrogen-bond donors (Lipinski definition) is 0. The number of nitrogens with zero attached hydrogens (tertiary/aromatic N) is 2. The molecule has 1 aliphatic heterocycles. The highest BCUT2D eigenvalue weighted by Gasteiger charge is 2.31. The fourth-order valence-corrected chi connectivity index (χ4v) is 3.06. The number of ether oxygens (including phenoxy) is 2.